The molecule has 0 aromatic heterocycles. The van der Waals surface area contributed by atoms with Crippen LogP contribution < -0.4 is 5.32 Å². The zero-order valence-electron chi connectivity index (χ0n) is 8.27. The van der Waals surface area contributed by atoms with Crippen LogP contribution in [-0.2, 0) is 15.6 Å². The van der Waals surface area contributed by atoms with E-state index in [1.54, 1.807) is 4.90 Å². The summed E-state index contributed by atoms with van der Waals surface area (Å²) in [5, 5.41) is 11.0. The second-order valence-electron chi connectivity index (χ2n) is 3.21. The molecule has 0 saturated carbocycles. The Morgan fingerprint density at radius 3 is 2.80 bits per heavy atom. The Morgan fingerprint density at radius 1 is 1.53 bits per heavy atom. The van der Waals surface area contributed by atoms with E-state index in [-0.39, 0.29) is 18.2 Å². The normalized spacial score (nSPS) is 17.6. The van der Waals surface area contributed by atoms with E-state index in [4.69, 9.17) is 5.11 Å². The largest absolute Gasteiger partial charge is 0.481 e. The van der Waals surface area contributed by atoms with Crippen LogP contribution in [0, 0.1) is 0 Å². The van der Waals surface area contributed by atoms with Crippen LogP contribution >= 0.6 is 0 Å². The van der Waals surface area contributed by atoms with Crippen molar-refractivity contribution in [3.8, 4) is 0 Å². The molecule has 7 heteroatoms. The van der Waals surface area contributed by atoms with Crippen molar-refractivity contribution in [3.63, 3.8) is 0 Å². The number of hydrogen-bond donors (Lipinski definition) is 2. The first-order chi connectivity index (χ1) is 7.09. The molecule has 0 bridgehead atoms. The molecule has 1 unspecified atom stereocenters. The summed E-state index contributed by atoms with van der Waals surface area (Å²) in [4.78, 5) is 22.9. The van der Waals surface area contributed by atoms with Crippen molar-refractivity contribution < 1.29 is 18.9 Å². The molecule has 1 atom stereocenters. The fourth-order valence-corrected chi connectivity index (χ4v) is 2.27. The van der Waals surface area contributed by atoms with Crippen molar-refractivity contribution in [2.75, 3.05) is 31.1 Å². The highest BCUT2D eigenvalue weighted by molar-refractivity contribution is 7.85. The second kappa shape index (κ2) is 5.69. The van der Waals surface area contributed by atoms with Crippen LogP contribution in [0.1, 0.15) is 6.42 Å². The van der Waals surface area contributed by atoms with Crippen molar-refractivity contribution in [3.05, 3.63) is 0 Å². The van der Waals surface area contributed by atoms with Crippen LogP contribution in [0.3, 0.4) is 0 Å². The van der Waals surface area contributed by atoms with Gasteiger partial charge in [-0.3, -0.25) is 9.00 Å². The molecular weight excluding hydrogens is 220 g/mol. The number of nitrogens with one attached hydrogen (secondary N) is 1. The van der Waals surface area contributed by atoms with Crippen LogP contribution in [0.4, 0.5) is 4.79 Å². The van der Waals surface area contributed by atoms with Crippen molar-refractivity contribution in [2.24, 2.45) is 0 Å². The SMILES string of the molecule is O=C(O)CCS(=O)CCN1CCNC1=O. The first-order valence-corrected chi connectivity index (χ1v) is 6.18. The summed E-state index contributed by atoms with van der Waals surface area (Å²) in [6.45, 7) is 1.69. The summed E-state index contributed by atoms with van der Waals surface area (Å²) in [5.41, 5.74) is 0. The van der Waals surface area contributed by atoms with E-state index in [1.165, 1.54) is 0 Å². The second-order valence-corrected chi connectivity index (χ2v) is 4.91. The molecule has 1 saturated heterocycles. The standard InChI is InChI=1S/C8H14N2O4S/c11-7(12)1-5-15(14)6-4-10-3-2-9-8(10)13/h1-6H2,(H,9,13)(H,11,12). The monoisotopic (exact) mass is 234 g/mol. The van der Waals surface area contributed by atoms with Gasteiger partial charge in [0, 0.05) is 41.9 Å². The molecule has 0 aromatic carbocycles. The highest BCUT2D eigenvalue weighted by Crippen LogP contribution is 1.97. The van der Waals surface area contributed by atoms with Gasteiger partial charge in [-0.05, 0) is 0 Å². The van der Waals surface area contributed by atoms with Gasteiger partial charge in [-0.1, -0.05) is 0 Å². The number of carbonyl (C=O) groups is 2. The molecule has 1 rings (SSSR count). The van der Waals surface area contributed by atoms with Gasteiger partial charge >= 0.3 is 12.0 Å². The number of urea groups is 1. The first kappa shape index (κ1) is 12.0. The number of rotatable bonds is 6. The van der Waals surface area contributed by atoms with Crippen LogP contribution in [0.5, 0.6) is 0 Å². The summed E-state index contributed by atoms with van der Waals surface area (Å²) >= 11 is 0. The van der Waals surface area contributed by atoms with Crippen molar-refractivity contribution in [1.29, 1.82) is 0 Å². The van der Waals surface area contributed by atoms with Gasteiger partial charge in [0.2, 0.25) is 0 Å². The van der Waals surface area contributed by atoms with Crippen LogP contribution in [-0.4, -0.2) is 57.4 Å². The molecule has 0 radical (unpaired) electrons. The van der Waals surface area contributed by atoms with Gasteiger partial charge in [0.15, 0.2) is 0 Å². The smallest absolute Gasteiger partial charge is 0.317 e. The third-order valence-corrected chi connectivity index (χ3v) is 3.38. The molecule has 0 spiro atoms. The fraction of sp³-hybridized carbons (Fsp3) is 0.750. The van der Waals surface area contributed by atoms with E-state index in [0.717, 1.165) is 0 Å². The lowest BCUT2D eigenvalue weighted by molar-refractivity contribution is -0.136. The number of carbonyl (C=O) groups excluding carboxylic acids is 1. The summed E-state index contributed by atoms with van der Waals surface area (Å²) < 4.78 is 11.3. The molecule has 15 heavy (non-hydrogen) atoms. The predicted molar refractivity (Wildman–Crippen MR) is 55.1 cm³/mol. The van der Waals surface area contributed by atoms with E-state index in [1.807, 2.05) is 0 Å². The van der Waals surface area contributed by atoms with Gasteiger partial charge in [0.25, 0.3) is 0 Å². The summed E-state index contributed by atoms with van der Waals surface area (Å²) in [6.07, 6.45) is -0.0845. The molecule has 6 nitrogen and oxygen atoms in total. The van der Waals surface area contributed by atoms with E-state index in [2.05, 4.69) is 5.32 Å². The lowest BCUT2D eigenvalue weighted by Gasteiger charge is -2.12. The third kappa shape index (κ3) is 4.28. The maximum atomic E-state index is 11.3. The minimum absolute atomic E-state index is 0.0845. The third-order valence-electron chi connectivity index (χ3n) is 2.08. The minimum atomic E-state index is -1.15. The molecular formula is C8H14N2O4S. The zero-order valence-corrected chi connectivity index (χ0v) is 9.09. The molecule has 1 aliphatic heterocycles. The van der Waals surface area contributed by atoms with Crippen LogP contribution in [0.2, 0.25) is 0 Å². The van der Waals surface area contributed by atoms with Crippen LogP contribution in [0.15, 0.2) is 0 Å². The Morgan fingerprint density at radius 2 is 2.27 bits per heavy atom. The quantitative estimate of drug-likeness (QED) is 0.632. The number of carboxylic acids is 1. The fourth-order valence-electron chi connectivity index (χ4n) is 1.24. The molecule has 86 valence electrons. The number of nitrogens with zero attached hydrogens (tertiary/aromatic N) is 1. The zero-order chi connectivity index (χ0) is 11.3. The van der Waals surface area contributed by atoms with E-state index < -0.39 is 16.8 Å². The van der Waals surface area contributed by atoms with Crippen molar-refractivity contribution in [1.82, 2.24) is 10.2 Å². The average Bonchev–Trinajstić information content (AvgIpc) is 2.58. The van der Waals surface area contributed by atoms with Gasteiger partial charge in [-0.15, -0.1) is 0 Å². The highest BCUT2D eigenvalue weighted by atomic mass is 32.2. The Kier molecular flexibility index (Phi) is 4.54. The maximum Gasteiger partial charge on any atom is 0.317 e. The lowest BCUT2D eigenvalue weighted by Crippen LogP contribution is -2.32. The van der Waals surface area contributed by atoms with Gasteiger partial charge in [0.05, 0.1) is 6.42 Å². The number of carboxylic acid groups (broad SMARTS) is 1. The predicted octanol–water partition coefficient (Wildman–Crippen LogP) is -0.765. The van der Waals surface area contributed by atoms with E-state index in [9.17, 15) is 13.8 Å². The molecule has 2 amide bonds. The van der Waals surface area contributed by atoms with Gasteiger partial charge in [-0.25, -0.2) is 4.79 Å². The van der Waals surface area contributed by atoms with Crippen LogP contribution in [0.25, 0.3) is 0 Å². The first-order valence-electron chi connectivity index (χ1n) is 4.69. The number of hydrogen-bond acceptors (Lipinski definition) is 3. The minimum Gasteiger partial charge on any atom is -0.481 e. The average molecular weight is 234 g/mol. The summed E-state index contributed by atoms with van der Waals surface area (Å²) in [7, 11) is -1.15. The molecule has 1 heterocycles. The molecule has 0 aromatic rings. The van der Waals surface area contributed by atoms with Gasteiger partial charge < -0.3 is 15.3 Å². The Bertz CT molecular complexity index is 282. The molecule has 0 aliphatic carbocycles. The highest BCUT2D eigenvalue weighted by Gasteiger charge is 2.19. The Labute approximate surface area is 90.1 Å². The lowest BCUT2D eigenvalue weighted by atomic mass is 10.5. The number of amides is 2. The summed E-state index contributed by atoms with van der Waals surface area (Å²) in [6, 6.07) is -0.134. The molecule has 1 aliphatic rings. The van der Waals surface area contributed by atoms with E-state index in [0.29, 0.717) is 25.4 Å². The van der Waals surface area contributed by atoms with Crippen molar-refractivity contribution >= 4 is 22.8 Å². The Balaban J connectivity index is 2.16. The van der Waals surface area contributed by atoms with Gasteiger partial charge in [-0.2, -0.15) is 0 Å². The topological polar surface area (TPSA) is 86.7 Å². The maximum absolute atomic E-state index is 11.3. The molecule has 1 fully saturated rings. The van der Waals surface area contributed by atoms with Crippen molar-refractivity contribution in [2.45, 2.75) is 6.42 Å². The number of aliphatic carboxylic acids is 1. The van der Waals surface area contributed by atoms with Gasteiger partial charge in [0.1, 0.15) is 0 Å². The Hall–Kier alpha value is -1.11. The summed E-state index contributed by atoms with van der Waals surface area (Å²) in [5.74, 6) is -0.437. The van der Waals surface area contributed by atoms with E-state index >= 15 is 0 Å². The molecule has 2 N–H and O–H groups in total.